The van der Waals surface area contributed by atoms with E-state index < -0.39 is 5.41 Å². The molecule has 1 aromatic carbocycles. The third-order valence-corrected chi connectivity index (χ3v) is 5.71. The van der Waals surface area contributed by atoms with Crippen molar-refractivity contribution < 1.29 is 18.7 Å². The Balaban J connectivity index is 1.71. The van der Waals surface area contributed by atoms with Crippen LogP contribution in [0.25, 0.3) is 0 Å². The molecule has 1 unspecified atom stereocenters. The van der Waals surface area contributed by atoms with Gasteiger partial charge in [0.25, 0.3) is 0 Å². The number of halogens is 1. The summed E-state index contributed by atoms with van der Waals surface area (Å²) in [5.41, 5.74) is -0.0612. The maximum absolute atomic E-state index is 14.2. The third kappa shape index (κ3) is 3.99. The summed E-state index contributed by atoms with van der Waals surface area (Å²) in [7, 11) is 1.54. The molecule has 2 saturated heterocycles. The fraction of sp³-hybridized carbons (Fsp3) is 0.524. The lowest BCUT2D eigenvalue weighted by atomic mass is 9.78. The van der Waals surface area contributed by atoms with Gasteiger partial charge in [0, 0.05) is 38.2 Å². The first kappa shape index (κ1) is 19.4. The molecule has 1 atom stereocenters. The summed E-state index contributed by atoms with van der Waals surface area (Å²) in [4.78, 5) is 29.1. The number of ether oxygens (including phenoxy) is 1. The molecule has 0 aromatic heterocycles. The van der Waals surface area contributed by atoms with E-state index in [0.29, 0.717) is 50.2 Å². The van der Waals surface area contributed by atoms with E-state index in [1.165, 1.54) is 13.2 Å². The normalized spacial score (nSPS) is 22.4. The van der Waals surface area contributed by atoms with Crippen molar-refractivity contribution in [2.45, 2.75) is 38.6 Å². The molecule has 27 heavy (non-hydrogen) atoms. The molecule has 0 N–H and O–H groups in total. The van der Waals surface area contributed by atoms with E-state index in [1.807, 2.05) is 0 Å². The number of amides is 2. The minimum atomic E-state index is -0.516. The van der Waals surface area contributed by atoms with E-state index in [-0.39, 0.29) is 24.2 Å². The Kier molecular flexibility index (Phi) is 5.82. The Morgan fingerprint density at radius 2 is 2.19 bits per heavy atom. The third-order valence-electron chi connectivity index (χ3n) is 5.71. The number of hydrogen-bond acceptors (Lipinski definition) is 3. The second-order valence-electron chi connectivity index (χ2n) is 7.46. The van der Waals surface area contributed by atoms with E-state index in [0.717, 1.165) is 12.8 Å². The Hall–Kier alpha value is -2.37. The largest absolute Gasteiger partial charge is 0.497 e. The van der Waals surface area contributed by atoms with E-state index >= 15 is 0 Å². The quantitative estimate of drug-likeness (QED) is 0.719. The van der Waals surface area contributed by atoms with E-state index in [1.54, 1.807) is 28.0 Å². The molecule has 6 heteroatoms. The lowest BCUT2D eigenvalue weighted by molar-refractivity contribution is -0.146. The van der Waals surface area contributed by atoms with Crippen LogP contribution >= 0.6 is 0 Å². The Bertz CT molecular complexity index is 736. The van der Waals surface area contributed by atoms with Crippen molar-refractivity contribution in [3.63, 3.8) is 0 Å². The molecule has 2 amide bonds. The second-order valence-corrected chi connectivity index (χ2v) is 7.46. The number of likely N-dealkylation sites (tertiary alicyclic amines) is 2. The van der Waals surface area contributed by atoms with Gasteiger partial charge in [-0.05, 0) is 43.9 Å². The zero-order valence-electron chi connectivity index (χ0n) is 15.9. The van der Waals surface area contributed by atoms with Crippen LogP contribution in [0.5, 0.6) is 5.75 Å². The number of methoxy groups -OCH3 is 1. The molecule has 0 aliphatic carbocycles. The van der Waals surface area contributed by atoms with Crippen LogP contribution in [-0.2, 0) is 16.1 Å². The van der Waals surface area contributed by atoms with Crippen LogP contribution < -0.4 is 4.74 Å². The highest BCUT2D eigenvalue weighted by atomic mass is 19.1. The van der Waals surface area contributed by atoms with Crippen molar-refractivity contribution in [3.05, 3.63) is 42.2 Å². The molecule has 2 aliphatic heterocycles. The van der Waals surface area contributed by atoms with Crippen molar-refractivity contribution >= 4 is 11.8 Å². The molecule has 0 saturated carbocycles. The smallest absolute Gasteiger partial charge is 0.230 e. The lowest BCUT2D eigenvalue weighted by Crippen LogP contribution is -2.50. The molecule has 1 spiro atoms. The van der Waals surface area contributed by atoms with Crippen molar-refractivity contribution in [3.8, 4) is 5.75 Å². The van der Waals surface area contributed by atoms with E-state index in [2.05, 4.69) is 6.58 Å². The molecular formula is C21H27FN2O3. The summed E-state index contributed by atoms with van der Waals surface area (Å²) in [6.45, 7) is 5.58. The van der Waals surface area contributed by atoms with Crippen molar-refractivity contribution in [1.82, 2.24) is 9.80 Å². The van der Waals surface area contributed by atoms with Gasteiger partial charge in [0.2, 0.25) is 11.8 Å². The predicted octanol–water partition coefficient (Wildman–Crippen LogP) is 3.14. The number of carbonyl (C=O) groups is 2. The lowest BCUT2D eigenvalue weighted by Gasteiger charge is -2.39. The fourth-order valence-electron chi connectivity index (χ4n) is 4.16. The fourth-order valence-corrected chi connectivity index (χ4v) is 4.16. The number of piperidine rings is 1. The number of allylic oxidation sites excluding steroid dienone is 1. The number of rotatable bonds is 6. The molecule has 0 radical (unpaired) electrons. The minimum absolute atomic E-state index is 0.0370. The highest BCUT2D eigenvalue weighted by Crippen LogP contribution is 2.41. The van der Waals surface area contributed by atoms with Crippen LogP contribution in [0, 0.1) is 11.2 Å². The Morgan fingerprint density at radius 3 is 2.93 bits per heavy atom. The van der Waals surface area contributed by atoms with Gasteiger partial charge in [-0.2, -0.15) is 0 Å². The van der Waals surface area contributed by atoms with Crippen molar-refractivity contribution in [1.29, 1.82) is 0 Å². The molecule has 2 aliphatic rings. The minimum Gasteiger partial charge on any atom is -0.497 e. The van der Waals surface area contributed by atoms with Crippen LogP contribution in [0.2, 0.25) is 0 Å². The standard InChI is InChI=1S/C21H27FN2O3/c1-3-4-6-19(25)24-12-10-21(15-24)9-5-11-23(20(21)26)14-16-13-17(27-2)7-8-18(16)22/h3,7-8,13H,1,4-6,9-12,14-15H2,2H3. The molecule has 5 nitrogen and oxygen atoms in total. The number of benzene rings is 1. The maximum Gasteiger partial charge on any atom is 0.230 e. The average Bonchev–Trinajstić information content (AvgIpc) is 3.10. The van der Waals surface area contributed by atoms with Gasteiger partial charge in [0.15, 0.2) is 0 Å². The number of nitrogens with zero attached hydrogens (tertiary/aromatic N) is 2. The van der Waals surface area contributed by atoms with Gasteiger partial charge < -0.3 is 14.5 Å². The summed E-state index contributed by atoms with van der Waals surface area (Å²) >= 11 is 0. The zero-order valence-corrected chi connectivity index (χ0v) is 15.9. The monoisotopic (exact) mass is 374 g/mol. The van der Waals surface area contributed by atoms with Crippen LogP contribution in [-0.4, -0.2) is 48.4 Å². The van der Waals surface area contributed by atoms with Gasteiger partial charge in [0.05, 0.1) is 12.5 Å². The first-order valence-corrected chi connectivity index (χ1v) is 9.49. The summed E-state index contributed by atoms with van der Waals surface area (Å²) in [6.07, 6.45) is 5.16. The van der Waals surface area contributed by atoms with Crippen LogP contribution in [0.3, 0.4) is 0 Å². The zero-order chi connectivity index (χ0) is 19.4. The SMILES string of the molecule is C=CCCC(=O)N1CCC2(CCCN(Cc3cc(OC)ccc3F)C2=O)C1. The molecule has 1 aromatic rings. The predicted molar refractivity (Wildman–Crippen MR) is 101 cm³/mol. The van der Waals surface area contributed by atoms with Gasteiger partial charge in [-0.25, -0.2) is 4.39 Å². The maximum atomic E-state index is 14.2. The van der Waals surface area contributed by atoms with E-state index in [9.17, 15) is 14.0 Å². The van der Waals surface area contributed by atoms with Crippen molar-refractivity contribution in [2.75, 3.05) is 26.7 Å². The topological polar surface area (TPSA) is 49.9 Å². The second kappa shape index (κ2) is 8.11. The van der Waals surface area contributed by atoms with Gasteiger partial charge in [-0.1, -0.05) is 6.08 Å². The van der Waals surface area contributed by atoms with Gasteiger partial charge >= 0.3 is 0 Å². The van der Waals surface area contributed by atoms with Crippen molar-refractivity contribution in [2.24, 2.45) is 5.41 Å². The summed E-state index contributed by atoms with van der Waals surface area (Å²) in [6, 6.07) is 4.58. The average molecular weight is 374 g/mol. The van der Waals surface area contributed by atoms with Gasteiger partial charge in [-0.15, -0.1) is 6.58 Å². The summed E-state index contributed by atoms with van der Waals surface area (Å²) in [5, 5.41) is 0. The molecule has 3 rings (SSSR count). The Labute approximate surface area is 159 Å². The molecular weight excluding hydrogens is 347 g/mol. The molecule has 0 bridgehead atoms. The first-order valence-electron chi connectivity index (χ1n) is 9.49. The van der Waals surface area contributed by atoms with E-state index in [4.69, 9.17) is 4.74 Å². The first-order chi connectivity index (χ1) is 13.0. The molecule has 146 valence electrons. The van der Waals surface area contributed by atoms with Gasteiger partial charge in [-0.3, -0.25) is 9.59 Å². The number of hydrogen-bond donors (Lipinski definition) is 0. The summed E-state index contributed by atoms with van der Waals surface area (Å²) in [5.74, 6) is 0.354. The molecule has 2 heterocycles. The van der Waals surface area contributed by atoms with Crippen LogP contribution in [0.4, 0.5) is 4.39 Å². The van der Waals surface area contributed by atoms with Gasteiger partial charge in [0.1, 0.15) is 11.6 Å². The summed E-state index contributed by atoms with van der Waals surface area (Å²) < 4.78 is 19.4. The van der Waals surface area contributed by atoms with Crippen LogP contribution in [0.1, 0.15) is 37.7 Å². The molecule has 2 fully saturated rings. The Morgan fingerprint density at radius 1 is 1.37 bits per heavy atom. The highest BCUT2D eigenvalue weighted by Gasteiger charge is 2.49. The van der Waals surface area contributed by atoms with Crippen LogP contribution in [0.15, 0.2) is 30.9 Å². The highest BCUT2D eigenvalue weighted by molar-refractivity contribution is 5.86. The number of carbonyl (C=O) groups excluding carboxylic acids is 2.